The summed E-state index contributed by atoms with van der Waals surface area (Å²) in [6.07, 6.45) is 0. The van der Waals surface area contributed by atoms with Crippen LogP contribution in [0.25, 0.3) is 0 Å². The molecule has 4 nitrogen and oxygen atoms in total. The lowest BCUT2D eigenvalue weighted by atomic mass is 10.1. The Morgan fingerprint density at radius 3 is 2.71 bits per heavy atom. The fourth-order valence-corrected chi connectivity index (χ4v) is 2.27. The molecular weight excluding hydrogens is 295 g/mol. The second-order valence-electron chi connectivity index (χ2n) is 4.65. The maximum Gasteiger partial charge on any atom is 0.273 e. The quantitative estimate of drug-likeness (QED) is 0.664. The molecule has 0 aromatic heterocycles. The SMILES string of the molecule is C[C@@H](NCc1cc(Cl)ccc1[N+](=O)[O-])c1ccccc1F. The van der Waals surface area contributed by atoms with E-state index in [4.69, 9.17) is 11.6 Å². The van der Waals surface area contributed by atoms with Gasteiger partial charge in [-0.1, -0.05) is 29.8 Å². The van der Waals surface area contributed by atoms with Gasteiger partial charge in [0.05, 0.1) is 4.92 Å². The van der Waals surface area contributed by atoms with Gasteiger partial charge in [0.2, 0.25) is 0 Å². The fraction of sp³-hybridized carbons (Fsp3) is 0.200. The smallest absolute Gasteiger partial charge is 0.273 e. The Morgan fingerprint density at radius 2 is 2.05 bits per heavy atom. The van der Waals surface area contributed by atoms with Gasteiger partial charge in [-0.25, -0.2) is 4.39 Å². The Labute approximate surface area is 126 Å². The van der Waals surface area contributed by atoms with Crippen molar-refractivity contribution in [3.8, 4) is 0 Å². The molecule has 1 N–H and O–H groups in total. The van der Waals surface area contributed by atoms with Crippen LogP contribution in [0.15, 0.2) is 42.5 Å². The Balaban J connectivity index is 2.15. The van der Waals surface area contributed by atoms with Gasteiger partial charge >= 0.3 is 0 Å². The van der Waals surface area contributed by atoms with Crippen LogP contribution < -0.4 is 5.32 Å². The average molecular weight is 309 g/mol. The van der Waals surface area contributed by atoms with Crippen LogP contribution in [0.4, 0.5) is 10.1 Å². The Bertz CT molecular complexity index is 664. The van der Waals surface area contributed by atoms with Gasteiger partial charge in [-0.05, 0) is 25.1 Å². The molecule has 0 aliphatic heterocycles. The highest BCUT2D eigenvalue weighted by Gasteiger charge is 2.16. The number of hydrogen-bond acceptors (Lipinski definition) is 3. The minimum absolute atomic E-state index is 0.00682. The third kappa shape index (κ3) is 3.77. The first kappa shape index (κ1) is 15.4. The van der Waals surface area contributed by atoms with Crippen LogP contribution >= 0.6 is 11.6 Å². The van der Waals surface area contributed by atoms with Crippen LogP contribution in [0.3, 0.4) is 0 Å². The molecule has 2 rings (SSSR count). The molecule has 2 aromatic carbocycles. The number of nitro benzene ring substituents is 1. The Hall–Kier alpha value is -1.98. The highest BCUT2D eigenvalue weighted by atomic mass is 35.5. The lowest BCUT2D eigenvalue weighted by molar-refractivity contribution is -0.385. The molecule has 0 saturated carbocycles. The number of rotatable bonds is 5. The van der Waals surface area contributed by atoms with Crippen molar-refractivity contribution >= 4 is 17.3 Å². The Kier molecular flexibility index (Phi) is 4.88. The van der Waals surface area contributed by atoms with Crippen LogP contribution in [-0.2, 0) is 6.54 Å². The van der Waals surface area contributed by atoms with E-state index in [1.807, 2.05) is 0 Å². The van der Waals surface area contributed by atoms with Crippen LogP contribution in [-0.4, -0.2) is 4.92 Å². The molecule has 0 radical (unpaired) electrons. The molecule has 110 valence electrons. The number of hydrogen-bond donors (Lipinski definition) is 1. The molecule has 6 heteroatoms. The highest BCUT2D eigenvalue weighted by Crippen LogP contribution is 2.24. The topological polar surface area (TPSA) is 55.2 Å². The zero-order valence-electron chi connectivity index (χ0n) is 11.3. The summed E-state index contributed by atoms with van der Waals surface area (Å²) in [6, 6.07) is 10.5. The molecular formula is C15H14ClFN2O2. The van der Waals surface area contributed by atoms with Gasteiger partial charge in [0, 0.05) is 34.8 Å². The van der Waals surface area contributed by atoms with Gasteiger partial charge in [-0.15, -0.1) is 0 Å². The lowest BCUT2D eigenvalue weighted by Gasteiger charge is -2.15. The summed E-state index contributed by atoms with van der Waals surface area (Å²) < 4.78 is 13.7. The summed E-state index contributed by atoms with van der Waals surface area (Å²) in [6.45, 7) is 2.03. The first-order valence-corrected chi connectivity index (χ1v) is 6.77. The van der Waals surface area contributed by atoms with Crippen molar-refractivity contribution in [2.75, 3.05) is 0 Å². The van der Waals surface area contributed by atoms with E-state index in [9.17, 15) is 14.5 Å². The van der Waals surface area contributed by atoms with Crippen molar-refractivity contribution in [2.45, 2.75) is 19.5 Å². The van der Waals surface area contributed by atoms with Crippen molar-refractivity contribution in [1.82, 2.24) is 5.32 Å². The third-order valence-corrected chi connectivity index (χ3v) is 3.44. The predicted octanol–water partition coefficient (Wildman–Crippen LogP) is 4.24. The maximum absolute atomic E-state index is 13.7. The van der Waals surface area contributed by atoms with Gasteiger partial charge in [0.1, 0.15) is 5.82 Å². The molecule has 0 aliphatic carbocycles. The number of benzene rings is 2. The molecule has 0 bridgehead atoms. The van der Waals surface area contributed by atoms with Gasteiger partial charge in [-0.2, -0.15) is 0 Å². The summed E-state index contributed by atoms with van der Waals surface area (Å²) in [4.78, 5) is 10.5. The third-order valence-electron chi connectivity index (χ3n) is 3.21. The van der Waals surface area contributed by atoms with E-state index in [1.54, 1.807) is 31.2 Å². The summed E-state index contributed by atoms with van der Waals surface area (Å²) in [5.41, 5.74) is 0.977. The molecule has 0 aliphatic rings. The number of halogens is 2. The van der Waals surface area contributed by atoms with E-state index in [1.165, 1.54) is 18.2 Å². The average Bonchev–Trinajstić information content (AvgIpc) is 2.45. The van der Waals surface area contributed by atoms with Crippen LogP contribution in [0.1, 0.15) is 24.1 Å². The van der Waals surface area contributed by atoms with Crippen molar-refractivity contribution in [1.29, 1.82) is 0 Å². The lowest BCUT2D eigenvalue weighted by Crippen LogP contribution is -2.19. The minimum atomic E-state index is -0.457. The standard InChI is InChI=1S/C15H14ClFN2O2/c1-10(13-4-2-3-5-14(13)17)18-9-11-8-12(16)6-7-15(11)19(20)21/h2-8,10,18H,9H2,1H3/t10-/m1/s1. The van der Waals surface area contributed by atoms with Crippen molar-refractivity contribution < 1.29 is 9.31 Å². The van der Waals surface area contributed by atoms with Crippen molar-refractivity contribution in [2.24, 2.45) is 0 Å². The normalized spacial score (nSPS) is 12.1. The molecule has 0 unspecified atom stereocenters. The monoisotopic (exact) mass is 308 g/mol. The number of nitrogens with zero attached hydrogens (tertiary/aromatic N) is 1. The van der Waals surface area contributed by atoms with E-state index in [0.717, 1.165) is 0 Å². The van der Waals surface area contributed by atoms with E-state index < -0.39 is 4.92 Å². The predicted molar refractivity (Wildman–Crippen MR) is 79.8 cm³/mol. The summed E-state index contributed by atoms with van der Waals surface area (Å²) in [7, 11) is 0. The molecule has 0 fully saturated rings. The van der Waals surface area contributed by atoms with Gasteiger partial charge in [0.25, 0.3) is 5.69 Å². The summed E-state index contributed by atoms with van der Waals surface area (Å²) in [5, 5.41) is 14.5. The fourth-order valence-electron chi connectivity index (χ4n) is 2.07. The van der Waals surface area contributed by atoms with Crippen LogP contribution in [0.5, 0.6) is 0 Å². The molecule has 0 amide bonds. The van der Waals surface area contributed by atoms with E-state index in [-0.39, 0.29) is 24.1 Å². The minimum Gasteiger partial charge on any atom is -0.306 e. The second-order valence-corrected chi connectivity index (χ2v) is 5.09. The molecule has 0 saturated heterocycles. The highest BCUT2D eigenvalue weighted by molar-refractivity contribution is 6.30. The van der Waals surface area contributed by atoms with E-state index >= 15 is 0 Å². The molecule has 2 aromatic rings. The van der Waals surface area contributed by atoms with Crippen molar-refractivity contribution in [3.05, 3.63) is 74.5 Å². The maximum atomic E-state index is 13.7. The van der Waals surface area contributed by atoms with Crippen LogP contribution in [0.2, 0.25) is 5.02 Å². The largest absolute Gasteiger partial charge is 0.306 e. The first-order chi connectivity index (χ1) is 9.99. The first-order valence-electron chi connectivity index (χ1n) is 6.39. The molecule has 1 atom stereocenters. The number of nitrogens with one attached hydrogen (secondary N) is 1. The zero-order chi connectivity index (χ0) is 15.4. The van der Waals surface area contributed by atoms with E-state index in [0.29, 0.717) is 16.1 Å². The molecule has 0 spiro atoms. The van der Waals surface area contributed by atoms with Gasteiger partial charge in [-0.3, -0.25) is 10.1 Å². The summed E-state index contributed by atoms with van der Waals surface area (Å²) in [5.74, 6) is -0.307. The second kappa shape index (κ2) is 6.65. The van der Waals surface area contributed by atoms with E-state index in [2.05, 4.69) is 5.32 Å². The molecule has 21 heavy (non-hydrogen) atoms. The van der Waals surface area contributed by atoms with Crippen LogP contribution in [0, 0.1) is 15.9 Å². The summed E-state index contributed by atoms with van der Waals surface area (Å²) >= 11 is 5.87. The van der Waals surface area contributed by atoms with Gasteiger partial charge < -0.3 is 5.32 Å². The number of nitro groups is 1. The van der Waals surface area contributed by atoms with Crippen molar-refractivity contribution in [3.63, 3.8) is 0 Å². The Morgan fingerprint density at radius 1 is 1.33 bits per heavy atom. The molecule has 0 heterocycles. The van der Waals surface area contributed by atoms with Gasteiger partial charge in [0.15, 0.2) is 0 Å². The zero-order valence-corrected chi connectivity index (χ0v) is 12.1.